The number of nitrogens with one attached hydrogen (secondary N) is 2. The largest absolute Gasteiger partial charge is 0.464 e. The van der Waals surface area contributed by atoms with Crippen molar-refractivity contribution in [2.75, 3.05) is 32.9 Å². The van der Waals surface area contributed by atoms with Crippen LogP contribution in [-0.2, 0) is 24.0 Å². The first-order valence-electron chi connectivity index (χ1n) is 9.13. The summed E-state index contributed by atoms with van der Waals surface area (Å²) in [5.74, 6) is -0.859. The van der Waals surface area contributed by atoms with E-state index >= 15 is 0 Å². The van der Waals surface area contributed by atoms with Crippen molar-refractivity contribution in [3.05, 3.63) is 0 Å². The molecule has 2 N–H and O–H groups in total. The number of hydrogen-bond acceptors (Lipinski definition) is 7. The standard InChI is InChI=1S/C16H26N4O6/c1-2-24-14(21)10-26-20-12-5-6-13(19(8-12)16(20)23)15(22)18-25-9-11-4-3-7-17-11/h11-13,17H,2-10H2,1H3,(H,18,22)/t11-,12-,13-/m1/s1. The van der Waals surface area contributed by atoms with E-state index in [1.807, 2.05) is 0 Å². The van der Waals surface area contributed by atoms with Gasteiger partial charge in [-0.1, -0.05) is 0 Å². The number of hydroxylamine groups is 3. The Morgan fingerprint density at radius 3 is 2.88 bits per heavy atom. The Balaban J connectivity index is 1.47. The van der Waals surface area contributed by atoms with Crippen molar-refractivity contribution in [2.24, 2.45) is 0 Å². The van der Waals surface area contributed by atoms with Gasteiger partial charge in [-0.05, 0) is 39.2 Å². The minimum absolute atomic E-state index is 0.162. The van der Waals surface area contributed by atoms with Gasteiger partial charge in [0.2, 0.25) is 0 Å². The van der Waals surface area contributed by atoms with Crippen molar-refractivity contribution in [3.63, 3.8) is 0 Å². The first-order valence-corrected chi connectivity index (χ1v) is 9.13. The van der Waals surface area contributed by atoms with Crippen molar-refractivity contribution in [1.82, 2.24) is 20.8 Å². The molecule has 0 aliphatic carbocycles. The maximum atomic E-state index is 12.5. The maximum Gasteiger partial charge on any atom is 0.345 e. The number of amides is 3. The van der Waals surface area contributed by atoms with E-state index in [1.54, 1.807) is 6.92 Å². The summed E-state index contributed by atoms with van der Waals surface area (Å²) in [6, 6.07) is -0.906. The molecule has 3 rings (SSSR count). The predicted molar refractivity (Wildman–Crippen MR) is 88.5 cm³/mol. The van der Waals surface area contributed by atoms with E-state index in [9.17, 15) is 14.4 Å². The number of piperidine rings is 1. The Hall–Kier alpha value is -1.91. The molecule has 3 heterocycles. The van der Waals surface area contributed by atoms with E-state index in [1.165, 1.54) is 9.96 Å². The van der Waals surface area contributed by atoms with E-state index in [-0.39, 0.29) is 31.2 Å². The van der Waals surface area contributed by atoms with Crippen LogP contribution in [0.2, 0.25) is 0 Å². The zero-order valence-electron chi connectivity index (χ0n) is 14.9. The van der Waals surface area contributed by atoms with Crippen LogP contribution in [0.3, 0.4) is 0 Å². The van der Waals surface area contributed by atoms with Gasteiger partial charge in [0.1, 0.15) is 6.04 Å². The van der Waals surface area contributed by atoms with Gasteiger partial charge in [0.15, 0.2) is 6.61 Å². The molecule has 0 spiro atoms. The number of carbonyl (C=O) groups is 3. The number of ether oxygens (including phenoxy) is 1. The molecule has 0 aromatic rings. The molecule has 10 nitrogen and oxygen atoms in total. The minimum atomic E-state index is -0.591. The second kappa shape index (κ2) is 8.65. The van der Waals surface area contributed by atoms with Crippen LogP contribution in [0.15, 0.2) is 0 Å². The normalized spacial score (nSPS) is 27.7. The fourth-order valence-electron chi connectivity index (χ4n) is 3.58. The fraction of sp³-hybridized carbons (Fsp3) is 0.812. The quantitative estimate of drug-likeness (QED) is 0.440. The Morgan fingerprint density at radius 1 is 1.31 bits per heavy atom. The van der Waals surface area contributed by atoms with Crippen molar-refractivity contribution < 1.29 is 28.8 Å². The lowest BCUT2D eigenvalue weighted by Gasteiger charge is -2.29. The van der Waals surface area contributed by atoms with Gasteiger partial charge in [-0.25, -0.2) is 15.1 Å². The maximum absolute atomic E-state index is 12.5. The number of esters is 1. The number of fused-ring (bicyclic) bond motifs is 2. The van der Waals surface area contributed by atoms with Crippen LogP contribution < -0.4 is 10.8 Å². The van der Waals surface area contributed by atoms with E-state index in [4.69, 9.17) is 14.4 Å². The summed E-state index contributed by atoms with van der Waals surface area (Å²) in [5, 5.41) is 4.47. The van der Waals surface area contributed by atoms with E-state index in [0.29, 0.717) is 26.0 Å². The molecule has 26 heavy (non-hydrogen) atoms. The Morgan fingerprint density at radius 2 is 2.15 bits per heavy atom. The lowest BCUT2D eigenvalue weighted by molar-refractivity contribution is -0.172. The first kappa shape index (κ1) is 18.9. The van der Waals surface area contributed by atoms with Crippen molar-refractivity contribution >= 4 is 17.9 Å². The van der Waals surface area contributed by atoms with Crippen LogP contribution in [0.4, 0.5) is 4.79 Å². The second-order valence-corrected chi connectivity index (χ2v) is 6.66. The smallest absolute Gasteiger partial charge is 0.345 e. The van der Waals surface area contributed by atoms with Gasteiger partial charge in [0.05, 0.1) is 19.3 Å². The van der Waals surface area contributed by atoms with Crippen molar-refractivity contribution in [1.29, 1.82) is 0 Å². The highest BCUT2D eigenvalue weighted by Crippen LogP contribution is 2.30. The minimum Gasteiger partial charge on any atom is -0.464 e. The highest BCUT2D eigenvalue weighted by atomic mass is 16.7. The molecule has 3 aliphatic heterocycles. The summed E-state index contributed by atoms with van der Waals surface area (Å²) in [6.07, 6.45) is 3.27. The molecule has 3 aliphatic rings. The van der Waals surface area contributed by atoms with Crippen LogP contribution in [0.25, 0.3) is 0 Å². The third-order valence-electron chi connectivity index (χ3n) is 4.87. The molecular formula is C16H26N4O6. The zero-order chi connectivity index (χ0) is 18.5. The Bertz CT molecular complexity index is 539. The van der Waals surface area contributed by atoms with Crippen molar-refractivity contribution in [3.8, 4) is 0 Å². The van der Waals surface area contributed by atoms with Crippen molar-refractivity contribution in [2.45, 2.75) is 50.7 Å². The molecular weight excluding hydrogens is 344 g/mol. The van der Waals surface area contributed by atoms with Gasteiger partial charge in [-0.2, -0.15) is 5.06 Å². The zero-order valence-corrected chi connectivity index (χ0v) is 14.9. The highest BCUT2D eigenvalue weighted by Gasteiger charge is 2.48. The Labute approximate surface area is 152 Å². The third kappa shape index (κ3) is 4.25. The summed E-state index contributed by atoms with van der Waals surface area (Å²) in [6.45, 7) is 3.40. The van der Waals surface area contributed by atoms with Gasteiger partial charge in [0.25, 0.3) is 5.91 Å². The monoisotopic (exact) mass is 370 g/mol. The average molecular weight is 370 g/mol. The number of rotatable bonds is 8. The number of hydrogen-bond donors (Lipinski definition) is 2. The van der Waals surface area contributed by atoms with Gasteiger partial charge in [-0.3, -0.25) is 14.5 Å². The molecule has 10 heteroatoms. The summed E-state index contributed by atoms with van der Waals surface area (Å²) >= 11 is 0. The molecule has 3 saturated heterocycles. The SMILES string of the molecule is CCOC(=O)CON1C(=O)N2C[C@H]1CC[C@@H]2C(=O)NOC[C@H]1CCCN1. The highest BCUT2D eigenvalue weighted by molar-refractivity contribution is 5.88. The third-order valence-corrected chi connectivity index (χ3v) is 4.87. The molecule has 0 aromatic carbocycles. The Kier molecular flexibility index (Phi) is 6.28. The molecule has 0 aromatic heterocycles. The van der Waals surface area contributed by atoms with Crippen LogP contribution in [-0.4, -0.2) is 78.9 Å². The molecule has 0 saturated carbocycles. The molecule has 3 atom stereocenters. The first-order chi connectivity index (χ1) is 12.6. The number of carbonyl (C=O) groups excluding carboxylic acids is 3. The van der Waals surface area contributed by atoms with Gasteiger partial charge in [-0.15, -0.1) is 0 Å². The summed E-state index contributed by atoms with van der Waals surface area (Å²) in [7, 11) is 0. The van der Waals surface area contributed by atoms with Crippen LogP contribution >= 0.6 is 0 Å². The van der Waals surface area contributed by atoms with Crippen LogP contribution in [0, 0.1) is 0 Å². The van der Waals surface area contributed by atoms with E-state index in [2.05, 4.69) is 10.8 Å². The topological polar surface area (TPSA) is 109 Å². The summed E-state index contributed by atoms with van der Waals surface area (Å²) in [5.41, 5.74) is 2.46. The van der Waals surface area contributed by atoms with Gasteiger partial charge in [0, 0.05) is 12.6 Å². The van der Waals surface area contributed by atoms with E-state index < -0.39 is 18.0 Å². The van der Waals surface area contributed by atoms with Crippen LogP contribution in [0.5, 0.6) is 0 Å². The number of urea groups is 1. The molecule has 2 bridgehead atoms. The number of nitrogens with zero attached hydrogens (tertiary/aromatic N) is 2. The van der Waals surface area contributed by atoms with Gasteiger partial charge >= 0.3 is 12.0 Å². The molecule has 3 fully saturated rings. The molecule has 0 unspecified atom stereocenters. The average Bonchev–Trinajstić information content (AvgIpc) is 3.22. The van der Waals surface area contributed by atoms with E-state index in [0.717, 1.165) is 19.4 Å². The van der Waals surface area contributed by atoms with Gasteiger partial charge < -0.3 is 15.0 Å². The lowest BCUT2D eigenvalue weighted by Crippen LogP contribution is -2.50. The second-order valence-electron chi connectivity index (χ2n) is 6.66. The fourth-order valence-corrected chi connectivity index (χ4v) is 3.58. The summed E-state index contributed by atoms with van der Waals surface area (Å²) in [4.78, 5) is 48.4. The molecule has 0 radical (unpaired) electrons. The predicted octanol–water partition coefficient (Wildman–Crippen LogP) is -0.450. The van der Waals surface area contributed by atoms with Crippen LogP contribution in [0.1, 0.15) is 32.6 Å². The molecule has 3 amide bonds. The summed E-state index contributed by atoms with van der Waals surface area (Å²) < 4.78 is 4.79. The lowest BCUT2D eigenvalue weighted by atomic mass is 10.0. The molecule has 146 valence electrons.